The summed E-state index contributed by atoms with van der Waals surface area (Å²) in [6.45, 7) is 4.00. The van der Waals surface area contributed by atoms with Gasteiger partial charge in [-0.2, -0.15) is 0 Å². The molecule has 2 aromatic rings. The van der Waals surface area contributed by atoms with Crippen LogP contribution in [0.1, 0.15) is 26.7 Å². The number of hydrogen-bond acceptors (Lipinski definition) is 5. The van der Waals surface area contributed by atoms with Gasteiger partial charge in [0.15, 0.2) is 0 Å². The third-order valence-electron chi connectivity index (χ3n) is 5.23. The zero-order valence-electron chi connectivity index (χ0n) is 18.5. The van der Waals surface area contributed by atoms with E-state index in [1.54, 1.807) is 13.8 Å². The molecule has 1 fully saturated rings. The maximum absolute atomic E-state index is 13.1. The number of hydrogen-bond donors (Lipinski definition) is 0. The Morgan fingerprint density at radius 1 is 0.812 bits per heavy atom. The monoisotopic (exact) mass is 570 g/mol. The fraction of sp³-hybridized carbons (Fsp3) is 0.440. The molecule has 1 saturated heterocycles. The van der Waals surface area contributed by atoms with Gasteiger partial charge in [0, 0.05) is 0 Å². The molecule has 1 aliphatic heterocycles. The van der Waals surface area contributed by atoms with Gasteiger partial charge in [-0.25, -0.2) is 0 Å². The van der Waals surface area contributed by atoms with Gasteiger partial charge in [0.1, 0.15) is 0 Å². The molecule has 0 spiro atoms. The van der Waals surface area contributed by atoms with Gasteiger partial charge in [-0.1, -0.05) is 0 Å². The van der Waals surface area contributed by atoms with Crippen molar-refractivity contribution in [3.8, 4) is 0 Å². The predicted octanol–water partition coefficient (Wildman–Crippen LogP) is 2.54. The summed E-state index contributed by atoms with van der Waals surface area (Å²) in [7, 11) is 0. The molecule has 2 aromatic carbocycles. The average Bonchev–Trinajstić information content (AvgIpc) is 2.83. The first-order valence-corrected chi connectivity index (χ1v) is 15.1. The van der Waals surface area contributed by atoms with Gasteiger partial charge in [-0.3, -0.25) is 0 Å². The molecule has 0 bridgehead atoms. The van der Waals surface area contributed by atoms with Crippen LogP contribution < -0.4 is 8.92 Å². The van der Waals surface area contributed by atoms with E-state index < -0.39 is 17.4 Å². The van der Waals surface area contributed by atoms with Crippen molar-refractivity contribution in [2.75, 3.05) is 13.2 Å². The van der Waals surface area contributed by atoms with E-state index >= 15 is 0 Å². The van der Waals surface area contributed by atoms with Crippen molar-refractivity contribution in [2.24, 2.45) is 5.41 Å². The van der Waals surface area contributed by atoms with Crippen molar-refractivity contribution in [1.29, 1.82) is 0 Å². The second kappa shape index (κ2) is 12.6. The molecule has 1 heterocycles. The van der Waals surface area contributed by atoms with Crippen LogP contribution in [0.25, 0.3) is 0 Å². The summed E-state index contributed by atoms with van der Waals surface area (Å²) in [5.41, 5.74) is -1.29. The van der Waals surface area contributed by atoms with Gasteiger partial charge < -0.3 is 0 Å². The Morgan fingerprint density at radius 2 is 1.22 bits per heavy atom. The summed E-state index contributed by atoms with van der Waals surface area (Å²) in [5, 5.41) is 1.60. The summed E-state index contributed by atoms with van der Waals surface area (Å²) >= 11 is 0.376. The standard InChI is InChI=1S/C25H30O5Se2/c1-3-28-23(26)25(24(27)29-4-2)15-19(17-31-21-11-7-5-8-12-21)30-20(16-25)18-32-22-13-9-6-10-14-22/h5-14,19-20H,3-4,15-18H2,1-2H3/t19-,20-/m0/s1. The van der Waals surface area contributed by atoms with Crippen molar-refractivity contribution >= 4 is 50.8 Å². The van der Waals surface area contributed by atoms with E-state index in [0.717, 1.165) is 10.6 Å². The molecule has 5 nitrogen and oxygen atoms in total. The van der Waals surface area contributed by atoms with Gasteiger partial charge in [0.05, 0.1) is 0 Å². The second-order valence-electron chi connectivity index (χ2n) is 7.56. The first-order chi connectivity index (χ1) is 15.6. The normalized spacial score (nSPS) is 19.8. The molecule has 172 valence electrons. The zero-order chi connectivity index (χ0) is 22.8. The molecule has 0 N–H and O–H groups in total. The van der Waals surface area contributed by atoms with E-state index in [1.807, 2.05) is 36.4 Å². The SMILES string of the molecule is CCOC(=O)C1(C(=O)OCC)C[C@@H](C[Se]c2ccccc2)O[C@H](C[Se]c2ccccc2)C1. The average molecular weight is 568 g/mol. The Balaban J connectivity index is 1.80. The minimum absolute atomic E-state index is 0.186. The molecule has 0 radical (unpaired) electrons. The fourth-order valence-corrected chi connectivity index (χ4v) is 7.67. The number of benzene rings is 2. The Bertz CT molecular complexity index is 788. The van der Waals surface area contributed by atoms with E-state index in [-0.39, 0.29) is 55.3 Å². The van der Waals surface area contributed by atoms with E-state index in [0.29, 0.717) is 12.8 Å². The predicted molar refractivity (Wildman–Crippen MR) is 127 cm³/mol. The van der Waals surface area contributed by atoms with E-state index in [2.05, 4.69) is 24.3 Å². The third-order valence-corrected chi connectivity index (χ3v) is 10.0. The molecular weight excluding hydrogens is 538 g/mol. The van der Waals surface area contributed by atoms with Crippen LogP contribution in [0.2, 0.25) is 10.6 Å². The van der Waals surface area contributed by atoms with Crippen LogP contribution >= 0.6 is 0 Å². The topological polar surface area (TPSA) is 61.8 Å². The van der Waals surface area contributed by atoms with E-state index in [1.165, 1.54) is 8.92 Å². The van der Waals surface area contributed by atoms with Gasteiger partial charge in [0.25, 0.3) is 0 Å². The Kier molecular flexibility index (Phi) is 9.83. The summed E-state index contributed by atoms with van der Waals surface area (Å²) in [4.78, 5) is 26.2. The van der Waals surface area contributed by atoms with Crippen LogP contribution in [-0.2, 0) is 23.8 Å². The molecule has 32 heavy (non-hydrogen) atoms. The van der Waals surface area contributed by atoms with Crippen LogP contribution in [-0.4, -0.2) is 67.3 Å². The molecular formula is C25H30O5Se2. The Hall–Kier alpha value is -1.62. The van der Waals surface area contributed by atoms with Crippen molar-refractivity contribution in [2.45, 2.75) is 49.5 Å². The first-order valence-electron chi connectivity index (χ1n) is 10.9. The number of rotatable bonds is 10. The molecule has 0 amide bonds. The Morgan fingerprint density at radius 3 is 1.59 bits per heavy atom. The second-order valence-corrected chi connectivity index (χ2v) is 12.1. The number of esters is 2. The summed E-state index contributed by atoms with van der Waals surface area (Å²) in [5.74, 6) is -0.952. The van der Waals surface area contributed by atoms with Crippen LogP contribution in [0.15, 0.2) is 60.7 Å². The molecule has 1 aliphatic rings. The van der Waals surface area contributed by atoms with Crippen LogP contribution in [0.4, 0.5) is 0 Å². The fourth-order valence-electron chi connectivity index (χ4n) is 3.79. The van der Waals surface area contributed by atoms with Crippen LogP contribution in [0.5, 0.6) is 0 Å². The molecule has 0 saturated carbocycles. The summed E-state index contributed by atoms with van der Waals surface area (Å²) in [6.07, 6.45) is 0.256. The quantitative estimate of drug-likeness (QED) is 0.251. The number of carbonyl (C=O) groups excluding carboxylic acids is 2. The third kappa shape index (κ3) is 6.69. The number of carbonyl (C=O) groups is 2. The molecule has 0 aliphatic carbocycles. The zero-order valence-corrected chi connectivity index (χ0v) is 22.0. The first kappa shape index (κ1) is 25.0. The van der Waals surface area contributed by atoms with Crippen LogP contribution in [0.3, 0.4) is 0 Å². The summed E-state index contributed by atoms with van der Waals surface area (Å²) < 4.78 is 19.8. The van der Waals surface area contributed by atoms with Gasteiger partial charge in [-0.15, -0.1) is 0 Å². The van der Waals surface area contributed by atoms with Crippen molar-refractivity contribution in [3.63, 3.8) is 0 Å². The van der Waals surface area contributed by atoms with Crippen LogP contribution in [0, 0.1) is 5.41 Å². The van der Waals surface area contributed by atoms with Crippen molar-refractivity contribution < 1.29 is 23.8 Å². The minimum atomic E-state index is -1.29. The molecule has 2 atom stereocenters. The van der Waals surface area contributed by atoms with Crippen molar-refractivity contribution in [3.05, 3.63) is 60.7 Å². The van der Waals surface area contributed by atoms with E-state index in [9.17, 15) is 9.59 Å². The molecule has 7 heteroatoms. The maximum atomic E-state index is 13.1. The summed E-state index contributed by atoms with van der Waals surface area (Å²) in [6, 6.07) is 20.6. The van der Waals surface area contributed by atoms with E-state index in [4.69, 9.17) is 14.2 Å². The molecule has 0 aromatic heterocycles. The Labute approximate surface area is 202 Å². The van der Waals surface area contributed by atoms with Gasteiger partial charge in [0.2, 0.25) is 0 Å². The van der Waals surface area contributed by atoms with Gasteiger partial charge >= 0.3 is 203 Å². The number of ether oxygens (including phenoxy) is 3. The van der Waals surface area contributed by atoms with Crippen molar-refractivity contribution in [1.82, 2.24) is 0 Å². The van der Waals surface area contributed by atoms with Gasteiger partial charge in [-0.05, 0) is 0 Å². The molecule has 0 unspecified atom stereocenters. The molecule has 3 rings (SSSR count).